The lowest BCUT2D eigenvalue weighted by atomic mass is 9.90. The van der Waals surface area contributed by atoms with Crippen LogP contribution in [0.3, 0.4) is 0 Å². The lowest BCUT2D eigenvalue weighted by Crippen LogP contribution is -2.56. The summed E-state index contributed by atoms with van der Waals surface area (Å²) in [6.45, 7) is 3.96. The highest BCUT2D eigenvalue weighted by atomic mass is 19.4. The minimum Gasteiger partial charge on any atom is -0.374 e. The molecule has 0 aromatic heterocycles. The van der Waals surface area contributed by atoms with Crippen molar-refractivity contribution >= 4 is 17.4 Å². The lowest BCUT2D eigenvalue weighted by Gasteiger charge is -2.43. The number of piperazine rings is 1. The molecule has 1 aromatic rings. The minimum atomic E-state index is -4.46. The Labute approximate surface area is 174 Å². The number of rotatable bonds is 2. The van der Waals surface area contributed by atoms with Crippen molar-refractivity contribution in [2.24, 2.45) is 0 Å². The number of amides is 2. The van der Waals surface area contributed by atoms with Crippen molar-refractivity contribution in [2.75, 3.05) is 56.6 Å². The number of carbonyl (C=O) groups is 1. The van der Waals surface area contributed by atoms with Gasteiger partial charge in [-0.1, -0.05) is 12.8 Å². The molecule has 4 rings (SSSR count). The van der Waals surface area contributed by atoms with Crippen LogP contribution in [-0.4, -0.2) is 74.4 Å². The maximum atomic E-state index is 13.3. The van der Waals surface area contributed by atoms with Gasteiger partial charge in [-0.05, 0) is 38.1 Å². The number of nitrogens with zero attached hydrogens (tertiary/aromatic N) is 3. The first-order valence-electron chi connectivity index (χ1n) is 10.7. The van der Waals surface area contributed by atoms with Crippen molar-refractivity contribution in [3.05, 3.63) is 23.8 Å². The number of hydrogen-bond donors (Lipinski definition) is 1. The van der Waals surface area contributed by atoms with Gasteiger partial charge in [0.25, 0.3) is 0 Å². The van der Waals surface area contributed by atoms with E-state index in [0.717, 1.165) is 50.9 Å². The molecule has 1 saturated carbocycles. The van der Waals surface area contributed by atoms with E-state index in [-0.39, 0.29) is 23.9 Å². The normalized spacial score (nSPS) is 25.7. The molecule has 9 heteroatoms. The van der Waals surface area contributed by atoms with Gasteiger partial charge in [0.15, 0.2) is 0 Å². The number of morpholine rings is 1. The van der Waals surface area contributed by atoms with Gasteiger partial charge in [-0.25, -0.2) is 4.79 Å². The fourth-order valence-corrected chi connectivity index (χ4v) is 4.67. The maximum absolute atomic E-state index is 13.3. The molecule has 0 spiro atoms. The van der Waals surface area contributed by atoms with E-state index in [1.54, 1.807) is 4.90 Å². The van der Waals surface area contributed by atoms with E-state index in [0.29, 0.717) is 31.9 Å². The Kier molecular flexibility index (Phi) is 6.11. The fourth-order valence-electron chi connectivity index (χ4n) is 4.67. The van der Waals surface area contributed by atoms with Crippen molar-refractivity contribution in [1.29, 1.82) is 0 Å². The van der Waals surface area contributed by atoms with Gasteiger partial charge in [0.05, 0.1) is 35.7 Å². The summed E-state index contributed by atoms with van der Waals surface area (Å²) >= 11 is 0. The Morgan fingerprint density at radius 2 is 1.83 bits per heavy atom. The molecule has 2 heterocycles. The number of benzene rings is 1. The zero-order valence-corrected chi connectivity index (χ0v) is 17.2. The quantitative estimate of drug-likeness (QED) is 0.785. The number of carbonyl (C=O) groups excluding carboxylic acids is 1. The molecule has 2 atom stereocenters. The van der Waals surface area contributed by atoms with Crippen LogP contribution in [0.15, 0.2) is 18.2 Å². The molecule has 0 bridgehead atoms. The predicted molar refractivity (Wildman–Crippen MR) is 109 cm³/mol. The molecule has 30 heavy (non-hydrogen) atoms. The second-order valence-electron chi connectivity index (χ2n) is 8.40. The van der Waals surface area contributed by atoms with E-state index in [9.17, 15) is 18.0 Å². The van der Waals surface area contributed by atoms with E-state index < -0.39 is 11.7 Å². The van der Waals surface area contributed by atoms with Crippen LogP contribution in [-0.2, 0) is 10.9 Å². The fraction of sp³-hybridized carbons (Fsp3) is 0.667. The van der Waals surface area contributed by atoms with Crippen molar-refractivity contribution in [1.82, 2.24) is 9.80 Å². The smallest absolute Gasteiger partial charge is 0.374 e. The molecular weight excluding hydrogens is 397 g/mol. The van der Waals surface area contributed by atoms with Crippen LogP contribution in [0.2, 0.25) is 0 Å². The number of likely N-dealkylation sites (N-methyl/N-ethyl adjacent to an activating group) is 1. The van der Waals surface area contributed by atoms with Crippen LogP contribution in [0.1, 0.15) is 31.2 Å². The summed E-state index contributed by atoms with van der Waals surface area (Å²) in [5.41, 5.74) is 0.101. The van der Waals surface area contributed by atoms with Crippen LogP contribution in [0.25, 0.3) is 0 Å². The summed E-state index contributed by atoms with van der Waals surface area (Å²) in [6.07, 6.45) is -0.538. The summed E-state index contributed by atoms with van der Waals surface area (Å²) in [7, 11) is 2.02. The molecule has 0 radical (unpaired) electrons. The van der Waals surface area contributed by atoms with Crippen LogP contribution in [0, 0.1) is 0 Å². The minimum absolute atomic E-state index is 0.00890. The van der Waals surface area contributed by atoms with Gasteiger partial charge in [0, 0.05) is 32.7 Å². The molecule has 2 aliphatic heterocycles. The Bertz CT molecular complexity index is 763. The highest BCUT2D eigenvalue weighted by Gasteiger charge is 2.37. The van der Waals surface area contributed by atoms with Gasteiger partial charge in [0.1, 0.15) is 0 Å². The number of fused-ring (bicyclic) bond motifs is 1. The standard InChI is InChI=1S/C21H29F3N4O2/c1-26-8-10-27(11-9-26)17-7-6-15(21(22,23)24)14-16(17)25-20(29)28-12-13-30-19-5-3-2-4-18(19)28/h6-7,14,18-19H,2-5,8-13H2,1H3,(H,25,29)/t18-,19-/m0/s1. The molecule has 2 amide bonds. The average molecular weight is 426 g/mol. The van der Waals surface area contributed by atoms with Crippen LogP contribution in [0.4, 0.5) is 29.3 Å². The highest BCUT2D eigenvalue weighted by Crippen LogP contribution is 2.36. The van der Waals surface area contributed by atoms with E-state index in [4.69, 9.17) is 4.74 Å². The largest absolute Gasteiger partial charge is 0.416 e. The zero-order chi connectivity index (χ0) is 21.3. The van der Waals surface area contributed by atoms with E-state index in [1.807, 2.05) is 11.9 Å². The Balaban J connectivity index is 1.58. The number of nitrogens with one attached hydrogen (secondary N) is 1. The molecule has 1 N–H and O–H groups in total. The highest BCUT2D eigenvalue weighted by molar-refractivity contribution is 5.94. The molecule has 3 fully saturated rings. The average Bonchev–Trinajstić information content (AvgIpc) is 2.73. The first-order valence-corrected chi connectivity index (χ1v) is 10.7. The van der Waals surface area contributed by atoms with Crippen LogP contribution < -0.4 is 10.2 Å². The van der Waals surface area contributed by atoms with Gasteiger partial charge in [-0.15, -0.1) is 0 Å². The van der Waals surface area contributed by atoms with E-state index >= 15 is 0 Å². The molecule has 166 valence electrons. The summed E-state index contributed by atoms with van der Waals surface area (Å²) in [5.74, 6) is 0. The Morgan fingerprint density at radius 1 is 1.10 bits per heavy atom. The summed E-state index contributed by atoms with van der Waals surface area (Å²) in [4.78, 5) is 19.1. The summed E-state index contributed by atoms with van der Waals surface area (Å²) < 4.78 is 45.9. The van der Waals surface area contributed by atoms with Crippen LogP contribution >= 0.6 is 0 Å². The zero-order valence-electron chi connectivity index (χ0n) is 17.2. The number of ether oxygens (including phenoxy) is 1. The van der Waals surface area contributed by atoms with Crippen molar-refractivity contribution in [3.63, 3.8) is 0 Å². The van der Waals surface area contributed by atoms with Gasteiger partial charge in [-0.3, -0.25) is 0 Å². The van der Waals surface area contributed by atoms with Crippen molar-refractivity contribution < 1.29 is 22.7 Å². The van der Waals surface area contributed by atoms with Gasteiger partial charge < -0.3 is 24.8 Å². The molecule has 1 aliphatic carbocycles. The Morgan fingerprint density at radius 3 is 2.57 bits per heavy atom. The lowest BCUT2D eigenvalue weighted by molar-refractivity contribution is -0.137. The predicted octanol–water partition coefficient (Wildman–Crippen LogP) is 3.63. The first kappa shape index (κ1) is 21.2. The SMILES string of the molecule is CN1CCN(c2ccc(C(F)(F)F)cc2NC(=O)N2CCO[C@H]3CCCC[C@@H]32)CC1. The third-order valence-corrected chi connectivity index (χ3v) is 6.40. The molecule has 0 unspecified atom stereocenters. The second kappa shape index (κ2) is 8.63. The third kappa shape index (κ3) is 4.51. The van der Waals surface area contributed by atoms with Crippen LogP contribution in [0.5, 0.6) is 0 Å². The van der Waals surface area contributed by atoms with Gasteiger partial charge in [-0.2, -0.15) is 13.2 Å². The molecule has 6 nitrogen and oxygen atoms in total. The van der Waals surface area contributed by atoms with Gasteiger partial charge >= 0.3 is 12.2 Å². The van der Waals surface area contributed by atoms with E-state index in [1.165, 1.54) is 6.07 Å². The topological polar surface area (TPSA) is 48.0 Å². The summed E-state index contributed by atoms with van der Waals surface area (Å²) in [6, 6.07) is 3.28. The number of hydrogen-bond acceptors (Lipinski definition) is 4. The van der Waals surface area contributed by atoms with E-state index in [2.05, 4.69) is 10.2 Å². The number of halogens is 3. The molecular formula is C21H29F3N4O2. The molecule has 3 aliphatic rings. The summed E-state index contributed by atoms with van der Waals surface area (Å²) in [5, 5.41) is 2.81. The maximum Gasteiger partial charge on any atom is 0.416 e. The molecule has 2 saturated heterocycles. The second-order valence-corrected chi connectivity index (χ2v) is 8.40. The monoisotopic (exact) mass is 426 g/mol. The van der Waals surface area contributed by atoms with Gasteiger partial charge in [0.2, 0.25) is 0 Å². The molecule has 1 aromatic carbocycles. The van der Waals surface area contributed by atoms with Crippen molar-refractivity contribution in [3.8, 4) is 0 Å². The first-order chi connectivity index (χ1) is 14.3. The number of anilines is 2. The number of urea groups is 1. The number of alkyl halides is 3. The van der Waals surface area contributed by atoms with Crippen molar-refractivity contribution in [2.45, 2.75) is 44.0 Å². The Hall–Kier alpha value is -2.00. The third-order valence-electron chi connectivity index (χ3n) is 6.40.